The van der Waals surface area contributed by atoms with Gasteiger partial charge in [0.05, 0.1) is 26.2 Å². The topological polar surface area (TPSA) is 55.8 Å². The molecule has 1 saturated heterocycles. The van der Waals surface area contributed by atoms with Crippen molar-refractivity contribution in [3.8, 4) is 0 Å². The van der Waals surface area contributed by atoms with Gasteiger partial charge in [-0.05, 0) is 13.8 Å². The van der Waals surface area contributed by atoms with Crippen molar-refractivity contribution in [2.75, 3.05) is 26.8 Å². The quantitative estimate of drug-likeness (QED) is 0.540. The Labute approximate surface area is 101 Å². The van der Waals surface area contributed by atoms with Crippen molar-refractivity contribution in [1.29, 1.82) is 0 Å². The molecule has 1 fully saturated rings. The van der Waals surface area contributed by atoms with E-state index in [2.05, 4.69) is 4.74 Å². The summed E-state index contributed by atoms with van der Waals surface area (Å²) < 4.78 is 10.00. The van der Waals surface area contributed by atoms with Crippen molar-refractivity contribution >= 4 is 11.9 Å². The number of amides is 1. The number of carbonyl (C=O) groups is 2. The second kappa shape index (κ2) is 6.39. The molecule has 5 heteroatoms. The van der Waals surface area contributed by atoms with E-state index in [1.54, 1.807) is 11.0 Å². The summed E-state index contributed by atoms with van der Waals surface area (Å²) in [6.45, 7) is 5.23. The number of hydrogen-bond donors (Lipinski definition) is 0. The van der Waals surface area contributed by atoms with Crippen LogP contribution in [0, 0.1) is 0 Å². The van der Waals surface area contributed by atoms with Crippen LogP contribution in [0.1, 0.15) is 20.3 Å². The minimum atomic E-state index is -0.313. The molecule has 0 aromatic rings. The summed E-state index contributed by atoms with van der Waals surface area (Å²) in [5.41, 5.74) is 0.964. The van der Waals surface area contributed by atoms with Crippen LogP contribution in [0.15, 0.2) is 11.6 Å². The second-order valence-corrected chi connectivity index (χ2v) is 4.28. The summed E-state index contributed by atoms with van der Waals surface area (Å²) in [7, 11) is 1.34. The zero-order valence-electron chi connectivity index (χ0n) is 10.6. The number of methoxy groups -OCH3 is 1. The Morgan fingerprint density at radius 2 is 2.18 bits per heavy atom. The maximum Gasteiger partial charge on any atom is 0.308 e. The van der Waals surface area contributed by atoms with Crippen LogP contribution in [-0.2, 0) is 19.1 Å². The molecule has 0 saturated carbocycles. The highest BCUT2D eigenvalue weighted by atomic mass is 16.5. The van der Waals surface area contributed by atoms with Gasteiger partial charge in [-0.2, -0.15) is 0 Å². The summed E-state index contributed by atoms with van der Waals surface area (Å²) in [5, 5.41) is 0. The molecule has 0 radical (unpaired) electrons. The lowest BCUT2D eigenvalue weighted by Gasteiger charge is -2.31. The van der Waals surface area contributed by atoms with Crippen LogP contribution in [0.25, 0.3) is 0 Å². The zero-order valence-corrected chi connectivity index (χ0v) is 10.6. The van der Waals surface area contributed by atoms with Gasteiger partial charge in [0.15, 0.2) is 0 Å². The summed E-state index contributed by atoms with van der Waals surface area (Å²) in [6.07, 6.45) is 1.53. The molecular weight excluding hydrogens is 222 g/mol. The molecule has 0 aromatic heterocycles. The van der Waals surface area contributed by atoms with Crippen molar-refractivity contribution in [3.05, 3.63) is 11.6 Å². The van der Waals surface area contributed by atoms with Gasteiger partial charge in [0, 0.05) is 19.2 Å². The molecule has 5 nitrogen and oxygen atoms in total. The summed E-state index contributed by atoms with van der Waals surface area (Å²) in [5.74, 6) is -0.338. The van der Waals surface area contributed by atoms with Crippen LogP contribution in [0.2, 0.25) is 0 Å². The number of morpholine rings is 1. The van der Waals surface area contributed by atoms with Gasteiger partial charge in [0.1, 0.15) is 0 Å². The Morgan fingerprint density at radius 3 is 2.76 bits per heavy atom. The highest BCUT2D eigenvalue weighted by molar-refractivity contribution is 5.88. The Bertz CT molecular complexity index is 320. The van der Waals surface area contributed by atoms with Crippen molar-refractivity contribution < 1.29 is 19.1 Å². The Morgan fingerprint density at radius 1 is 1.47 bits per heavy atom. The molecule has 1 aliphatic heterocycles. The smallest absolute Gasteiger partial charge is 0.308 e. The van der Waals surface area contributed by atoms with Gasteiger partial charge in [-0.3, -0.25) is 9.59 Å². The standard InChI is InChI=1S/C12H19NO4/c1-9(2)6-11(14)13-4-5-17-10(8-13)7-12(15)16-3/h6,10H,4-5,7-8H2,1-3H3. The minimum absolute atomic E-state index is 0.0248. The molecule has 17 heavy (non-hydrogen) atoms. The average molecular weight is 241 g/mol. The van der Waals surface area contributed by atoms with Crippen LogP contribution in [-0.4, -0.2) is 49.7 Å². The molecule has 0 bridgehead atoms. The first kappa shape index (κ1) is 13.7. The first-order valence-electron chi connectivity index (χ1n) is 5.65. The van der Waals surface area contributed by atoms with Crippen molar-refractivity contribution in [3.63, 3.8) is 0 Å². The number of allylic oxidation sites excluding steroid dienone is 1. The lowest BCUT2D eigenvalue weighted by Crippen LogP contribution is -2.45. The van der Waals surface area contributed by atoms with Gasteiger partial charge in [-0.1, -0.05) is 5.57 Å². The van der Waals surface area contributed by atoms with Crippen LogP contribution < -0.4 is 0 Å². The van der Waals surface area contributed by atoms with Gasteiger partial charge in [-0.15, -0.1) is 0 Å². The van der Waals surface area contributed by atoms with Gasteiger partial charge in [0.25, 0.3) is 0 Å². The molecule has 1 aliphatic rings. The molecule has 0 aliphatic carbocycles. The van der Waals surface area contributed by atoms with Crippen molar-refractivity contribution in [2.45, 2.75) is 26.4 Å². The fraction of sp³-hybridized carbons (Fsp3) is 0.667. The summed E-state index contributed by atoms with van der Waals surface area (Å²) in [4.78, 5) is 24.6. The van der Waals surface area contributed by atoms with Gasteiger partial charge in [-0.25, -0.2) is 0 Å². The monoisotopic (exact) mass is 241 g/mol. The van der Waals surface area contributed by atoms with E-state index in [9.17, 15) is 9.59 Å². The minimum Gasteiger partial charge on any atom is -0.469 e. The molecule has 0 aromatic carbocycles. The van der Waals surface area contributed by atoms with E-state index in [0.717, 1.165) is 5.57 Å². The third-order valence-electron chi connectivity index (χ3n) is 2.48. The van der Waals surface area contributed by atoms with Crippen molar-refractivity contribution in [2.24, 2.45) is 0 Å². The van der Waals surface area contributed by atoms with Crippen LogP contribution in [0.4, 0.5) is 0 Å². The van der Waals surface area contributed by atoms with Gasteiger partial charge in [0.2, 0.25) is 5.91 Å². The first-order chi connectivity index (χ1) is 8.02. The van der Waals surface area contributed by atoms with E-state index in [1.807, 2.05) is 13.8 Å². The Kier molecular flexibility index (Phi) is 5.15. The van der Waals surface area contributed by atoms with E-state index >= 15 is 0 Å². The van der Waals surface area contributed by atoms with Crippen LogP contribution >= 0.6 is 0 Å². The van der Waals surface area contributed by atoms with Crippen LogP contribution in [0.3, 0.4) is 0 Å². The van der Waals surface area contributed by atoms with Gasteiger partial charge >= 0.3 is 5.97 Å². The lowest BCUT2D eigenvalue weighted by molar-refractivity contribution is -0.148. The maximum absolute atomic E-state index is 11.8. The van der Waals surface area contributed by atoms with E-state index < -0.39 is 0 Å². The van der Waals surface area contributed by atoms with Crippen LogP contribution in [0.5, 0.6) is 0 Å². The predicted octanol–water partition coefficient (Wildman–Crippen LogP) is 0.743. The highest BCUT2D eigenvalue weighted by Crippen LogP contribution is 2.10. The van der Waals surface area contributed by atoms with Gasteiger partial charge < -0.3 is 14.4 Å². The zero-order chi connectivity index (χ0) is 12.8. The predicted molar refractivity (Wildman–Crippen MR) is 62.4 cm³/mol. The molecule has 1 heterocycles. The number of carbonyl (C=O) groups excluding carboxylic acids is 2. The fourth-order valence-electron chi connectivity index (χ4n) is 1.65. The number of hydrogen-bond acceptors (Lipinski definition) is 4. The first-order valence-corrected chi connectivity index (χ1v) is 5.65. The fourth-order valence-corrected chi connectivity index (χ4v) is 1.65. The molecule has 0 N–H and O–H groups in total. The van der Waals surface area contributed by atoms with E-state index in [4.69, 9.17) is 4.74 Å². The van der Waals surface area contributed by atoms with E-state index in [0.29, 0.717) is 19.7 Å². The number of nitrogens with zero attached hydrogens (tertiary/aromatic N) is 1. The maximum atomic E-state index is 11.8. The van der Waals surface area contributed by atoms with Crippen molar-refractivity contribution in [1.82, 2.24) is 4.90 Å². The lowest BCUT2D eigenvalue weighted by atomic mass is 10.2. The second-order valence-electron chi connectivity index (χ2n) is 4.28. The molecule has 1 amide bonds. The summed E-state index contributed by atoms with van der Waals surface area (Å²) >= 11 is 0. The summed E-state index contributed by atoms with van der Waals surface area (Å²) in [6, 6.07) is 0. The third kappa shape index (κ3) is 4.56. The molecule has 1 unspecified atom stereocenters. The largest absolute Gasteiger partial charge is 0.469 e. The molecule has 1 rings (SSSR count). The average Bonchev–Trinajstić information content (AvgIpc) is 2.28. The van der Waals surface area contributed by atoms with E-state index in [1.165, 1.54) is 7.11 Å². The molecular formula is C12H19NO4. The number of esters is 1. The Hall–Kier alpha value is -1.36. The molecule has 0 spiro atoms. The SMILES string of the molecule is COC(=O)CC1CN(C(=O)C=C(C)C)CCO1. The number of rotatable bonds is 3. The molecule has 96 valence electrons. The van der Waals surface area contributed by atoms with E-state index in [-0.39, 0.29) is 24.4 Å². The highest BCUT2D eigenvalue weighted by Gasteiger charge is 2.25. The number of ether oxygens (including phenoxy) is 2. The molecule has 1 atom stereocenters. The third-order valence-corrected chi connectivity index (χ3v) is 2.48. The normalized spacial score (nSPS) is 19.7. The Balaban J connectivity index is 2.51.